The monoisotopic (exact) mass is 264 g/mol. The van der Waals surface area contributed by atoms with Gasteiger partial charge >= 0.3 is 0 Å². The normalized spacial score (nSPS) is 10.8. The van der Waals surface area contributed by atoms with Crippen LogP contribution in [0.4, 0.5) is 0 Å². The molecule has 0 amide bonds. The second kappa shape index (κ2) is 4.38. The average Bonchev–Trinajstić information content (AvgIpc) is 2.45. The van der Waals surface area contributed by atoms with E-state index in [1.807, 2.05) is 0 Å². The molecule has 0 saturated carbocycles. The molecule has 98 valence electrons. The van der Waals surface area contributed by atoms with Crippen molar-refractivity contribution in [3.8, 4) is 5.75 Å². The van der Waals surface area contributed by atoms with Crippen LogP contribution in [0.3, 0.4) is 0 Å². The van der Waals surface area contributed by atoms with E-state index >= 15 is 0 Å². The van der Waals surface area contributed by atoms with Crippen LogP contribution in [0.2, 0.25) is 0 Å². The predicted octanol–water partition coefficient (Wildman–Crippen LogP) is 3.94. The van der Waals surface area contributed by atoms with E-state index < -0.39 is 0 Å². The van der Waals surface area contributed by atoms with Gasteiger partial charge in [-0.05, 0) is 41.1 Å². The van der Waals surface area contributed by atoms with Gasteiger partial charge in [-0.2, -0.15) is 0 Å². The lowest BCUT2D eigenvalue weighted by Gasteiger charge is -2.05. The van der Waals surface area contributed by atoms with Crippen molar-refractivity contribution in [2.75, 3.05) is 0 Å². The first-order chi connectivity index (χ1) is 9.63. The third kappa shape index (κ3) is 1.72. The van der Waals surface area contributed by atoms with Gasteiger partial charge in [0, 0.05) is 0 Å². The molecule has 20 heavy (non-hydrogen) atoms. The lowest BCUT2D eigenvalue weighted by Crippen LogP contribution is -2.07. The topological polar surface area (TPSA) is 50.4 Å². The van der Waals surface area contributed by atoms with Crippen LogP contribution in [-0.2, 0) is 0 Å². The SMILES string of the molecule is C=Cc1oc2cc3ccc(O)cc3cc2c(=O)c1C=C. The minimum absolute atomic E-state index is 0.151. The molecule has 0 atom stereocenters. The molecule has 0 aliphatic heterocycles. The van der Waals surface area contributed by atoms with Crippen LogP contribution in [-0.4, -0.2) is 5.11 Å². The van der Waals surface area contributed by atoms with Gasteiger partial charge in [0.25, 0.3) is 0 Å². The number of hydrogen-bond donors (Lipinski definition) is 1. The number of phenolic OH excluding ortho intramolecular Hbond substituents is 1. The fourth-order valence-electron chi connectivity index (χ4n) is 2.30. The van der Waals surface area contributed by atoms with Crippen LogP contribution in [0.25, 0.3) is 33.9 Å². The molecule has 3 heteroatoms. The number of aromatic hydroxyl groups is 1. The summed E-state index contributed by atoms with van der Waals surface area (Å²) >= 11 is 0. The predicted molar refractivity (Wildman–Crippen MR) is 81.8 cm³/mol. The van der Waals surface area contributed by atoms with Crippen LogP contribution in [0.1, 0.15) is 11.3 Å². The Balaban J connectivity index is 2.52. The molecular formula is C17H12O3. The Labute approximate surface area is 115 Å². The van der Waals surface area contributed by atoms with E-state index in [1.165, 1.54) is 12.2 Å². The third-order valence-corrected chi connectivity index (χ3v) is 3.29. The molecule has 2 aromatic carbocycles. The van der Waals surface area contributed by atoms with E-state index in [-0.39, 0.29) is 11.2 Å². The highest BCUT2D eigenvalue weighted by atomic mass is 16.3. The minimum atomic E-state index is -0.151. The Morgan fingerprint density at radius 3 is 2.55 bits per heavy atom. The summed E-state index contributed by atoms with van der Waals surface area (Å²) in [6.45, 7) is 7.28. The van der Waals surface area contributed by atoms with Crippen LogP contribution in [0, 0.1) is 0 Å². The van der Waals surface area contributed by atoms with Crippen molar-refractivity contribution < 1.29 is 9.52 Å². The largest absolute Gasteiger partial charge is 0.508 e. The van der Waals surface area contributed by atoms with Crippen LogP contribution < -0.4 is 5.43 Å². The van der Waals surface area contributed by atoms with Crippen LogP contribution in [0.15, 0.2) is 52.7 Å². The molecule has 0 saturated heterocycles. The lowest BCUT2D eigenvalue weighted by atomic mass is 10.0. The first-order valence-corrected chi connectivity index (χ1v) is 6.12. The maximum absolute atomic E-state index is 12.4. The summed E-state index contributed by atoms with van der Waals surface area (Å²) in [4.78, 5) is 12.4. The molecule has 1 N–H and O–H groups in total. The standard InChI is InChI=1S/C17H12O3/c1-3-13-15(4-2)20-16-9-10-5-6-12(18)7-11(10)8-14(16)17(13)19/h3-9,18H,1-2H2. The molecule has 1 aromatic heterocycles. The first-order valence-electron chi connectivity index (χ1n) is 6.12. The van der Waals surface area contributed by atoms with Gasteiger partial charge in [-0.1, -0.05) is 25.3 Å². The highest BCUT2D eigenvalue weighted by Gasteiger charge is 2.11. The van der Waals surface area contributed by atoms with Crippen molar-refractivity contribution in [1.82, 2.24) is 0 Å². The molecule has 0 spiro atoms. The number of fused-ring (bicyclic) bond motifs is 2. The number of hydrogen-bond acceptors (Lipinski definition) is 3. The Hall–Kier alpha value is -2.81. The zero-order chi connectivity index (χ0) is 14.3. The van der Waals surface area contributed by atoms with Crippen molar-refractivity contribution in [3.63, 3.8) is 0 Å². The second-order valence-electron chi connectivity index (χ2n) is 4.50. The van der Waals surface area contributed by atoms with E-state index in [1.54, 1.807) is 30.3 Å². The molecule has 0 fully saturated rings. The Morgan fingerprint density at radius 1 is 1.05 bits per heavy atom. The van der Waals surface area contributed by atoms with Gasteiger partial charge in [-0.3, -0.25) is 4.79 Å². The maximum atomic E-state index is 12.4. The summed E-state index contributed by atoms with van der Waals surface area (Å²) in [5.74, 6) is 0.573. The van der Waals surface area contributed by atoms with E-state index in [2.05, 4.69) is 13.2 Å². The van der Waals surface area contributed by atoms with Gasteiger partial charge in [0.1, 0.15) is 17.1 Å². The van der Waals surface area contributed by atoms with Gasteiger partial charge in [0.15, 0.2) is 0 Å². The molecule has 1 heterocycles. The Kier molecular flexibility index (Phi) is 2.68. The van der Waals surface area contributed by atoms with E-state index in [4.69, 9.17) is 4.42 Å². The first kappa shape index (κ1) is 12.2. The van der Waals surface area contributed by atoms with Gasteiger partial charge in [0.05, 0.1) is 10.9 Å². The smallest absolute Gasteiger partial charge is 0.200 e. The van der Waals surface area contributed by atoms with Crippen LogP contribution in [0.5, 0.6) is 5.75 Å². The quantitative estimate of drug-likeness (QED) is 0.713. The molecule has 3 nitrogen and oxygen atoms in total. The summed E-state index contributed by atoms with van der Waals surface area (Å²) < 4.78 is 5.70. The van der Waals surface area contributed by atoms with E-state index in [9.17, 15) is 9.90 Å². The number of phenols is 1. The third-order valence-electron chi connectivity index (χ3n) is 3.29. The van der Waals surface area contributed by atoms with Crippen molar-refractivity contribution in [2.24, 2.45) is 0 Å². The second-order valence-corrected chi connectivity index (χ2v) is 4.50. The minimum Gasteiger partial charge on any atom is -0.508 e. The zero-order valence-electron chi connectivity index (χ0n) is 10.7. The number of rotatable bonds is 2. The van der Waals surface area contributed by atoms with Crippen LogP contribution >= 0.6 is 0 Å². The van der Waals surface area contributed by atoms with E-state index in [0.717, 1.165) is 10.8 Å². The molecule has 3 rings (SSSR count). The van der Waals surface area contributed by atoms with Crippen molar-refractivity contribution >= 4 is 33.9 Å². The zero-order valence-corrected chi connectivity index (χ0v) is 10.7. The van der Waals surface area contributed by atoms with Crippen molar-refractivity contribution in [1.29, 1.82) is 0 Å². The highest BCUT2D eigenvalue weighted by Crippen LogP contribution is 2.26. The van der Waals surface area contributed by atoms with Gasteiger partial charge in [-0.25, -0.2) is 0 Å². The van der Waals surface area contributed by atoms with E-state index in [0.29, 0.717) is 22.3 Å². The average molecular weight is 264 g/mol. The van der Waals surface area contributed by atoms with Gasteiger partial charge in [0.2, 0.25) is 5.43 Å². The van der Waals surface area contributed by atoms with Gasteiger partial charge in [-0.15, -0.1) is 0 Å². The van der Waals surface area contributed by atoms with Gasteiger partial charge < -0.3 is 9.52 Å². The lowest BCUT2D eigenvalue weighted by molar-refractivity contribution is 0.476. The highest BCUT2D eigenvalue weighted by molar-refractivity contribution is 5.97. The van der Waals surface area contributed by atoms with Crippen molar-refractivity contribution in [3.05, 3.63) is 65.0 Å². The molecule has 0 radical (unpaired) electrons. The summed E-state index contributed by atoms with van der Waals surface area (Å²) in [5, 5.41) is 11.7. The Bertz CT molecular complexity index is 917. The summed E-state index contributed by atoms with van der Waals surface area (Å²) in [6.07, 6.45) is 2.97. The molecule has 0 bridgehead atoms. The summed E-state index contributed by atoms with van der Waals surface area (Å²) in [5.41, 5.74) is 0.738. The fraction of sp³-hybridized carbons (Fsp3) is 0. The summed E-state index contributed by atoms with van der Waals surface area (Å²) in [7, 11) is 0. The fourth-order valence-corrected chi connectivity index (χ4v) is 2.30. The summed E-state index contributed by atoms with van der Waals surface area (Å²) in [6, 6.07) is 8.49. The molecule has 0 aliphatic rings. The van der Waals surface area contributed by atoms with Crippen molar-refractivity contribution in [2.45, 2.75) is 0 Å². The Morgan fingerprint density at radius 2 is 1.85 bits per heavy atom. The molecule has 3 aromatic rings. The maximum Gasteiger partial charge on any atom is 0.200 e. The molecule has 0 unspecified atom stereocenters. The number of benzene rings is 2. The molecular weight excluding hydrogens is 252 g/mol. The molecule has 0 aliphatic carbocycles.